The lowest BCUT2D eigenvalue weighted by Gasteiger charge is -2.27. The SMILES string of the molecule is CC(C)(C)OC(=O)N1CCC[C@H]1c1ncc(-c2ccc(Br)c(C(=O)OCc3ccccc3)c2)[nH]1. The van der Waals surface area contributed by atoms with Gasteiger partial charge in [0.2, 0.25) is 0 Å². The number of ether oxygens (including phenoxy) is 2. The number of aromatic amines is 1. The van der Waals surface area contributed by atoms with E-state index in [-0.39, 0.29) is 18.7 Å². The van der Waals surface area contributed by atoms with Gasteiger partial charge in [0.15, 0.2) is 0 Å². The van der Waals surface area contributed by atoms with Crippen molar-refractivity contribution in [3.63, 3.8) is 0 Å². The van der Waals surface area contributed by atoms with Crippen molar-refractivity contribution in [3.8, 4) is 11.3 Å². The van der Waals surface area contributed by atoms with Crippen LogP contribution in [-0.4, -0.2) is 39.1 Å². The maximum absolute atomic E-state index is 12.7. The average Bonchev–Trinajstić information content (AvgIpc) is 3.47. The third-order valence-corrected chi connectivity index (χ3v) is 6.19. The summed E-state index contributed by atoms with van der Waals surface area (Å²) >= 11 is 3.45. The highest BCUT2D eigenvalue weighted by Crippen LogP contribution is 2.33. The number of rotatable bonds is 5. The molecule has 1 saturated heterocycles. The van der Waals surface area contributed by atoms with Crippen LogP contribution in [0.5, 0.6) is 0 Å². The number of carbonyl (C=O) groups excluding carboxylic acids is 2. The van der Waals surface area contributed by atoms with Crippen LogP contribution >= 0.6 is 15.9 Å². The summed E-state index contributed by atoms with van der Waals surface area (Å²) in [6, 6.07) is 14.9. The van der Waals surface area contributed by atoms with Crippen molar-refractivity contribution in [3.05, 3.63) is 76.2 Å². The van der Waals surface area contributed by atoms with E-state index >= 15 is 0 Å². The van der Waals surface area contributed by atoms with Crippen molar-refractivity contribution in [1.82, 2.24) is 14.9 Å². The number of amides is 1. The summed E-state index contributed by atoms with van der Waals surface area (Å²) in [6.45, 7) is 6.41. The zero-order chi connectivity index (χ0) is 24.3. The molecule has 2 aromatic carbocycles. The molecule has 7 nitrogen and oxygen atoms in total. The molecule has 178 valence electrons. The molecule has 1 atom stereocenters. The fourth-order valence-corrected chi connectivity index (χ4v) is 4.30. The highest BCUT2D eigenvalue weighted by molar-refractivity contribution is 9.10. The van der Waals surface area contributed by atoms with E-state index in [9.17, 15) is 9.59 Å². The van der Waals surface area contributed by atoms with Gasteiger partial charge >= 0.3 is 12.1 Å². The lowest BCUT2D eigenvalue weighted by molar-refractivity contribution is 0.0218. The zero-order valence-corrected chi connectivity index (χ0v) is 21.1. The minimum absolute atomic E-state index is 0.172. The van der Waals surface area contributed by atoms with Crippen LogP contribution in [0, 0.1) is 0 Å². The molecule has 1 amide bonds. The van der Waals surface area contributed by atoms with Crippen molar-refractivity contribution in [1.29, 1.82) is 0 Å². The van der Waals surface area contributed by atoms with Crippen LogP contribution in [0.3, 0.4) is 0 Å². The topological polar surface area (TPSA) is 84.5 Å². The Morgan fingerprint density at radius 1 is 1.18 bits per heavy atom. The van der Waals surface area contributed by atoms with E-state index in [1.54, 1.807) is 17.2 Å². The number of hydrogen-bond acceptors (Lipinski definition) is 5. The first kappa shape index (κ1) is 24.0. The van der Waals surface area contributed by atoms with Gasteiger partial charge in [0.1, 0.15) is 18.0 Å². The predicted octanol–water partition coefficient (Wildman–Crippen LogP) is 6.27. The van der Waals surface area contributed by atoms with Crippen molar-refractivity contribution < 1.29 is 19.1 Å². The molecule has 0 bridgehead atoms. The van der Waals surface area contributed by atoms with Crippen molar-refractivity contribution in [2.75, 3.05) is 6.54 Å². The Labute approximate surface area is 207 Å². The second-order valence-electron chi connectivity index (χ2n) is 9.27. The molecule has 34 heavy (non-hydrogen) atoms. The van der Waals surface area contributed by atoms with Gasteiger partial charge in [-0.05, 0) is 67.2 Å². The molecule has 1 aliphatic heterocycles. The van der Waals surface area contributed by atoms with E-state index in [0.717, 1.165) is 29.7 Å². The molecule has 0 saturated carbocycles. The number of nitrogens with zero attached hydrogens (tertiary/aromatic N) is 2. The number of benzene rings is 2. The Morgan fingerprint density at radius 2 is 1.94 bits per heavy atom. The number of halogens is 1. The molecule has 0 aliphatic carbocycles. The van der Waals surface area contributed by atoms with Crippen LogP contribution in [0.15, 0.2) is 59.2 Å². The summed E-state index contributed by atoms with van der Waals surface area (Å²) in [4.78, 5) is 35.0. The van der Waals surface area contributed by atoms with Gasteiger partial charge in [0.25, 0.3) is 0 Å². The van der Waals surface area contributed by atoms with Crippen LogP contribution in [-0.2, 0) is 16.1 Å². The molecule has 2 heterocycles. The summed E-state index contributed by atoms with van der Waals surface area (Å²) in [6.07, 6.45) is 3.09. The minimum atomic E-state index is -0.554. The molecule has 0 radical (unpaired) electrons. The Hall–Kier alpha value is -3.13. The lowest BCUT2D eigenvalue weighted by atomic mass is 10.1. The number of aromatic nitrogens is 2. The second kappa shape index (κ2) is 10.0. The van der Waals surface area contributed by atoms with E-state index < -0.39 is 11.6 Å². The summed E-state index contributed by atoms with van der Waals surface area (Å²) in [5, 5.41) is 0. The first-order valence-corrected chi connectivity index (χ1v) is 12.1. The fraction of sp³-hybridized carbons (Fsp3) is 0.346. The first-order chi connectivity index (χ1) is 16.2. The van der Waals surface area contributed by atoms with E-state index in [1.807, 2.05) is 63.2 Å². The third kappa shape index (κ3) is 5.67. The molecular weight excluding hydrogens is 498 g/mol. The highest BCUT2D eigenvalue weighted by Gasteiger charge is 2.34. The quantitative estimate of drug-likeness (QED) is 0.397. The maximum Gasteiger partial charge on any atom is 0.410 e. The molecular formula is C26H28BrN3O4. The number of imidazole rings is 1. The molecule has 3 aromatic rings. The number of esters is 1. The van der Waals surface area contributed by atoms with Crippen molar-refractivity contribution in [2.24, 2.45) is 0 Å². The van der Waals surface area contributed by atoms with Crippen molar-refractivity contribution in [2.45, 2.75) is 51.9 Å². The third-order valence-electron chi connectivity index (χ3n) is 5.50. The van der Waals surface area contributed by atoms with E-state index in [2.05, 4.69) is 25.9 Å². The number of nitrogens with one attached hydrogen (secondary N) is 1. The summed E-state index contributed by atoms with van der Waals surface area (Å²) in [7, 11) is 0. The molecule has 0 unspecified atom stereocenters. The molecule has 1 N–H and O–H groups in total. The van der Waals surface area contributed by atoms with Gasteiger partial charge in [-0.3, -0.25) is 4.90 Å². The first-order valence-electron chi connectivity index (χ1n) is 11.3. The van der Waals surface area contributed by atoms with Crippen LogP contribution in [0.4, 0.5) is 4.79 Å². The van der Waals surface area contributed by atoms with Gasteiger partial charge in [-0.1, -0.05) is 36.4 Å². The average molecular weight is 526 g/mol. The largest absolute Gasteiger partial charge is 0.457 e. The fourth-order valence-electron chi connectivity index (χ4n) is 3.89. The molecule has 0 spiro atoms. The number of carbonyl (C=O) groups is 2. The summed E-state index contributed by atoms with van der Waals surface area (Å²) in [5.41, 5.74) is 2.36. The Morgan fingerprint density at radius 3 is 2.68 bits per heavy atom. The number of likely N-dealkylation sites (tertiary alicyclic amines) is 1. The van der Waals surface area contributed by atoms with Crippen LogP contribution in [0.1, 0.15) is 61.4 Å². The standard InChI is InChI=1S/C26H28BrN3O4/c1-26(2,3)34-25(32)30-13-7-10-22(30)23-28-15-21(29-23)18-11-12-20(27)19(14-18)24(31)33-16-17-8-5-4-6-9-17/h4-6,8-9,11-12,14-15,22H,7,10,13,16H2,1-3H3,(H,28,29)/t22-/m0/s1. The Bertz CT molecular complexity index is 1170. The van der Waals surface area contributed by atoms with Gasteiger partial charge in [-0.2, -0.15) is 0 Å². The normalized spacial score (nSPS) is 15.9. The number of hydrogen-bond donors (Lipinski definition) is 1. The molecule has 1 fully saturated rings. The van der Waals surface area contributed by atoms with Crippen LogP contribution in [0.2, 0.25) is 0 Å². The minimum Gasteiger partial charge on any atom is -0.457 e. The maximum atomic E-state index is 12.7. The van der Waals surface area contributed by atoms with Crippen LogP contribution in [0.25, 0.3) is 11.3 Å². The summed E-state index contributed by atoms with van der Waals surface area (Å²) in [5.74, 6) is 0.290. The second-order valence-corrected chi connectivity index (χ2v) is 10.1. The van der Waals surface area contributed by atoms with Crippen LogP contribution < -0.4 is 0 Å². The van der Waals surface area contributed by atoms with Gasteiger partial charge in [-0.15, -0.1) is 0 Å². The van der Waals surface area contributed by atoms with E-state index in [0.29, 0.717) is 22.4 Å². The van der Waals surface area contributed by atoms with Gasteiger partial charge in [-0.25, -0.2) is 14.6 Å². The molecule has 1 aliphatic rings. The molecule has 1 aromatic heterocycles. The Balaban J connectivity index is 1.50. The molecule has 8 heteroatoms. The number of H-pyrrole nitrogens is 1. The molecule has 4 rings (SSSR count). The zero-order valence-electron chi connectivity index (χ0n) is 19.5. The predicted molar refractivity (Wildman–Crippen MR) is 132 cm³/mol. The monoisotopic (exact) mass is 525 g/mol. The van der Waals surface area contributed by atoms with Gasteiger partial charge in [0, 0.05) is 16.6 Å². The summed E-state index contributed by atoms with van der Waals surface area (Å²) < 4.78 is 11.7. The lowest BCUT2D eigenvalue weighted by Crippen LogP contribution is -2.36. The van der Waals surface area contributed by atoms with Gasteiger partial charge < -0.3 is 14.5 Å². The Kier molecular flexibility index (Phi) is 7.07. The van der Waals surface area contributed by atoms with E-state index in [1.165, 1.54) is 0 Å². The van der Waals surface area contributed by atoms with Crippen molar-refractivity contribution >= 4 is 28.0 Å². The van der Waals surface area contributed by atoms with Gasteiger partial charge in [0.05, 0.1) is 23.5 Å². The van der Waals surface area contributed by atoms with E-state index in [4.69, 9.17) is 9.47 Å². The highest BCUT2D eigenvalue weighted by atomic mass is 79.9. The smallest absolute Gasteiger partial charge is 0.410 e.